The molecule has 1 fully saturated rings. The fraction of sp³-hybridized carbons (Fsp3) is 0.444. The molecule has 0 N–H and O–H groups in total. The molecule has 0 saturated heterocycles. The summed E-state index contributed by atoms with van der Waals surface area (Å²) >= 11 is 0. The summed E-state index contributed by atoms with van der Waals surface area (Å²) in [4.78, 5) is 14.9. The van der Waals surface area contributed by atoms with Crippen molar-refractivity contribution in [1.29, 1.82) is 0 Å². The van der Waals surface area contributed by atoms with E-state index in [0.29, 0.717) is 12.1 Å². The number of aromatic nitrogens is 2. The maximum Gasteiger partial charge on any atom is 0.257 e. The highest BCUT2D eigenvalue weighted by Crippen LogP contribution is 2.33. The first-order valence-corrected chi connectivity index (χ1v) is 8.05. The molecule has 0 radical (unpaired) electrons. The molecule has 0 spiro atoms. The third-order valence-corrected chi connectivity index (χ3v) is 4.54. The lowest BCUT2D eigenvalue weighted by atomic mass is 10.1. The van der Waals surface area contributed by atoms with Gasteiger partial charge in [0, 0.05) is 24.3 Å². The number of hydrogen-bond acceptors (Lipinski definition) is 4. The van der Waals surface area contributed by atoms with Crippen molar-refractivity contribution in [1.82, 2.24) is 14.7 Å². The molecule has 1 aliphatic carbocycles. The van der Waals surface area contributed by atoms with Gasteiger partial charge in [0.1, 0.15) is 11.5 Å². The lowest BCUT2D eigenvalue weighted by molar-refractivity contribution is 0.0727. The van der Waals surface area contributed by atoms with Gasteiger partial charge < -0.3 is 14.4 Å². The number of carbonyl (C=O) groups excluding carboxylic acids is 1. The smallest absolute Gasteiger partial charge is 0.257 e. The van der Waals surface area contributed by atoms with Crippen LogP contribution in [0.1, 0.15) is 34.5 Å². The summed E-state index contributed by atoms with van der Waals surface area (Å²) in [6.07, 6.45) is 3.73. The summed E-state index contributed by atoms with van der Waals surface area (Å²) in [6, 6.07) is 5.95. The Balaban J connectivity index is 1.90. The van der Waals surface area contributed by atoms with E-state index in [1.54, 1.807) is 25.1 Å². The average molecular weight is 329 g/mol. The van der Waals surface area contributed by atoms with Gasteiger partial charge in [0.25, 0.3) is 5.91 Å². The van der Waals surface area contributed by atoms with E-state index < -0.39 is 0 Å². The fourth-order valence-corrected chi connectivity index (χ4v) is 2.81. The van der Waals surface area contributed by atoms with E-state index in [-0.39, 0.29) is 11.9 Å². The Morgan fingerprint density at radius 2 is 2.08 bits per heavy atom. The molecule has 0 bridgehead atoms. The van der Waals surface area contributed by atoms with Crippen LogP contribution in [0.15, 0.2) is 24.4 Å². The quantitative estimate of drug-likeness (QED) is 0.817. The van der Waals surface area contributed by atoms with Gasteiger partial charge in [-0.3, -0.25) is 9.48 Å². The second kappa shape index (κ2) is 6.55. The van der Waals surface area contributed by atoms with Crippen LogP contribution >= 0.6 is 0 Å². The standard InChI is InChI=1S/C18H23N3O3/c1-12-16(10-19-20(12)2)18(22)21(14-5-6-14)11-13-9-15(23-3)7-8-17(13)24-4/h7-10,14H,5-6,11H2,1-4H3. The molecule has 1 aliphatic rings. The molecule has 6 heteroatoms. The monoisotopic (exact) mass is 329 g/mol. The first-order chi connectivity index (χ1) is 11.5. The van der Waals surface area contributed by atoms with E-state index in [1.165, 1.54) is 0 Å². The van der Waals surface area contributed by atoms with Gasteiger partial charge in [-0.05, 0) is 38.0 Å². The normalized spacial score (nSPS) is 13.7. The van der Waals surface area contributed by atoms with Crippen LogP contribution in [0, 0.1) is 6.92 Å². The summed E-state index contributed by atoms with van der Waals surface area (Å²) in [5, 5.41) is 4.19. The van der Waals surface area contributed by atoms with Crippen molar-refractivity contribution in [2.45, 2.75) is 32.4 Å². The van der Waals surface area contributed by atoms with Crippen LogP contribution in [0.4, 0.5) is 0 Å². The molecule has 0 aliphatic heterocycles. The van der Waals surface area contributed by atoms with Gasteiger partial charge in [-0.25, -0.2) is 0 Å². The molecule has 1 saturated carbocycles. The zero-order valence-electron chi connectivity index (χ0n) is 14.6. The second-order valence-corrected chi connectivity index (χ2v) is 6.11. The zero-order valence-corrected chi connectivity index (χ0v) is 14.6. The molecule has 0 unspecified atom stereocenters. The molecular formula is C18H23N3O3. The number of rotatable bonds is 6. The van der Waals surface area contributed by atoms with Crippen LogP contribution in [-0.2, 0) is 13.6 Å². The summed E-state index contributed by atoms with van der Waals surface area (Å²) in [6.45, 7) is 2.41. The Morgan fingerprint density at radius 1 is 1.33 bits per heavy atom. The van der Waals surface area contributed by atoms with E-state index in [2.05, 4.69) is 5.10 Å². The highest BCUT2D eigenvalue weighted by atomic mass is 16.5. The number of ether oxygens (including phenoxy) is 2. The largest absolute Gasteiger partial charge is 0.497 e. The van der Waals surface area contributed by atoms with E-state index in [0.717, 1.165) is 35.6 Å². The Hall–Kier alpha value is -2.50. The lowest BCUT2D eigenvalue weighted by Gasteiger charge is -2.23. The van der Waals surface area contributed by atoms with Crippen LogP contribution in [0.25, 0.3) is 0 Å². The molecule has 3 rings (SSSR count). The number of carbonyl (C=O) groups is 1. The van der Waals surface area contributed by atoms with Gasteiger partial charge in [-0.15, -0.1) is 0 Å². The van der Waals surface area contributed by atoms with Crippen molar-refractivity contribution in [3.05, 3.63) is 41.2 Å². The van der Waals surface area contributed by atoms with Gasteiger partial charge in [0.15, 0.2) is 0 Å². The Labute approximate surface area is 142 Å². The molecule has 2 aromatic rings. The number of benzene rings is 1. The van der Waals surface area contributed by atoms with Crippen LogP contribution in [0.5, 0.6) is 11.5 Å². The summed E-state index contributed by atoms with van der Waals surface area (Å²) in [7, 11) is 5.12. The van der Waals surface area contributed by atoms with Gasteiger partial charge in [0.2, 0.25) is 0 Å². The number of methoxy groups -OCH3 is 2. The Kier molecular flexibility index (Phi) is 4.46. The van der Waals surface area contributed by atoms with Crippen molar-refractivity contribution in [3.8, 4) is 11.5 Å². The first-order valence-electron chi connectivity index (χ1n) is 8.05. The molecule has 1 aromatic carbocycles. The van der Waals surface area contributed by atoms with E-state index in [4.69, 9.17) is 9.47 Å². The molecule has 24 heavy (non-hydrogen) atoms. The SMILES string of the molecule is COc1ccc(OC)c(CN(C(=O)c2cnn(C)c2C)C2CC2)c1. The predicted molar refractivity (Wildman–Crippen MR) is 90.4 cm³/mol. The summed E-state index contributed by atoms with van der Waals surface area (Å²) < 4.78 is 12.5. The highest BCUT2D eigenvalue weighted by molar-refractivity contribution is 5.95. The molecular weight excluding hydrogens is 306 g/mol. The topological polar surface area (TPSA) is 56.6 Å². The van der Waals surface area contributed by atoms with Gasteiger partial charge in [-0.1, -0.05) is 0 Å². The van der Waals surface area contributed by atoms with Crippen LogP contribution in [0.3, 0.4) is 0 Å². The highest BCUT2D eigenvalue weighted by Gasteiger charge is 2.34. The Bertz CT molecular complexity index is 750. The lowest BCUT2D eigenvalue weighted by Crippen LogP contribution is -2.33. The first kappa shape index (κ1) is 16.4. The average Bonchev–Trinajstić information content (AvgIpc) is 3.38. The van der Waals surface area contributed by atoms with E-state index >= 15 is 0 Å². The summed E-state index contributed by atoms with van der Waals surface area (Å²) in [5.74, 6) is 1.54. The van der Waals surface area contributed by atoms with Crippen molar-refractivity contribution < 1.29 is 14.3 Å². The minimum atomic E-state index is 0.0213. The predicted octanol–water partition coefficient (Wildman–Crippen LogP) is 2.55. The maximum absolute atomic E-state index is 13.0. The van der Waals surface area contributed by atoms with Gasteiger partial charge in [-0.2, -0.15) is 5.10 Å². The van der Waals surface area contributed by atoms with Crippen LogP contribution in [0.2, 0.25) is 0 Å². The van der Waals surface area contributed by atoms with Crippen molar-refractivity contribution in [2.24, 2.45) is 7.05 Å². The number of hydrogen-bond donors (Lipinski definition) is 0. The van der Waals surface area contributed by atoms with E-state index in [1.807, 2.05) is 37.1 Å². The molecule has 1 amide bonds. The molecule has 0 atom stereocenters. The van der Waals surface area contributed by atoms with E-state index in [9.17, 15) is 4.79 Å². The van der Waals surface area contributed by atoms with Crippen LogP contribution in [-0.4, -0.2) is 40.8 Å². The molecule has 6 nitrogen and oxygen atoms in total. The molecule has 1 heterocycles. The van der Waals surface area contributed by atoms with Crippen molar-refractivity contribution >= 4 is 5.91 Å². The fourth-order valence-electron chi connectivity index (χ4n) is 2.81. The van der Waals surface area contributed by atoms with Gasteiger partial charge >= 0.3 is 0 Å². The Morgan fingerprint density at radius 3 is 2.62 bits per heavy atom. The second-order valence-electron chi connectivity index (χ2n) is 6.11. The minimum Gasteiger partial charge on any atom is -0.497 e. The molecule has 1 aromatic heterocycles. The zero-order chi connectivity index (χ0) is 17.3. The van der Waals surface area contributed by atoms with Crippen LogP contribution < -0.4 is 9.47 Å². The third kappa shape index (κ3) is 3.09. The van der Waals surface area contributed by atoms with Crippen molar-refractivity contribution in [2.75, 3.05) is 14.2 Å². The van der Waals surface area contributed by atoms with Gasteiger partial charge in [0.05, 0.1) is 32.5 Å². The van der Waals surface area contributed by atoms with Crippen molar-refractivity contribution in [3.63, 3.8) is 0 Å². The minimum absolute atomic E-state index is 0.0213. The number of amides is 1. The maximum atomic E-state index is 13.0. The number of nitrogens with zero attached hydrogens (tertiary/aromatic N) is 3. The third-order valence-electron chi connectivity index (χ3n) is 4.54. The molecule has 128 valence electrons. The summed E-state index contributed by atoms with van der Waals surface area (Å²) in [5.41, 5.74) is 2.48. The number of aryl methyl sites for hydroxylation is 1.